The Morgan fingerprint density at radius 2 is 0.660 bits per heavy atom. The van der Waals surface area contributed by atoms with Gasteiger partial charge in [-0.1, -0.05) is 104 Å². The first-order chi connectivity index (χ1) is 69.5. The number of nitrogens with one attached hydrogen (secondary N) is 9. The fourth-order valence-corrected chi connectivity index (χ4v) is 21.3. The fourth-order valence-electron chi connectivity index (χ4n) is 13.3. The number of ether oxygens (including phenoxy) is 6. The van der Waals surface area contributed by atoms with Gasteiger partial charge in [-0.3, -0.25) is 4.90 Å². The summed E-state index contributed by atoms with van der Waals surface area (Å²) in [6.45, 7) is 7.03. The number of fused-ring (bicyclic) bond motifs is 4. The smallest absolute Gasteiger partial charge is 0.243 e. The molecule has 0 atom stereocenters. The predicted octanol–water partition coefficient (Wildman–Crippen LogP) is 18.5. The van der Waals surface area contributed by atoms with Gasteiger partial charge in [0.05, 0.1) is 69.4 Å². The van der Waals surface area contributed by atoms with E-state index in [0.29, 0.717) is 130 Å². The van der Waals surface area contributed by atoms with Crippen LogP contribution in [0.1, 0.15) is 17.5 Å². The number of aromatic nitrogens is 12. The molecular formula is C94H99Cl3F3N25O12S7. The van der Waals surface area contributed by atoms with E-state index in [1.807, 2.05) is 55.4 Å². The quantitative estimate of drug-likeness (QED) is 0.0126. The van der Waals surface area contributed by atoms with Crippen LogP contribution in [0.4, 0.5) is 102 Å². The summed E-state index contributed by atoms with van der Waals surface area (Å²) < 4.78 is 157. The Labute approximate surface area is 860 Å². The molecule has 0 aliphatic heterocycles. The summed E-state index contributed by atoms with van der Waals surface area (Å²) in [4.78, 5) is 57.0. The van der Waals surface area contributed by atoms with Crippen LogP contribution >= 0.6 is 80.1 Å². The van der Waals surface area contributed by atoms with Crippen molar-refractivity contribution in [1.82, 2.24) is 82.9 Å². The summed E-state index contributed by atoms with van der Waals surface area (Å²) >= 11 is 23.1. The zero-order valence-electron chi connectivity index (χ0n) is 78.6. The lowest BCUT2D eigenvalue weighted by atomic mass is 10.2. The summed E-state index contributed by atoms with van der Waals surface area (Å²) in [6, 6.07) is 48.0. The number of terminal acetylenes is 1. The van der Waals surface area contributed by atoms with Gasteiger partial charge in [0.2, 0.25) is 30.1 Å². The molecule has 0 fully saturated rings. The lowest BCUT2D eigenvalue weighted by Crippen LogP contribution is -2.36. The summed E-state index contributed by atoms with van der Waals surface area (Å²) in [5.74, 6) is 3.30. The van der Waals surface area contributed by atoms with Crippen molar-refractivity contribution in [2.75, 3.05) is 191 Å². The molecule has 0 saturated carbocycles. The molecule has 16 aromatic rings. The van der Waals surface area contributed by atoms with E-state index in [4.69, 9.17) is 69.6 Å². The number of hydrogen-bond donors (Lipinski definition) is 9. The minimum absolute atomic E-state index is 0.00110. The highest BCUT2D eigenvalue weighted by molar-refractivity contribution is 7.90. The van der Waals surface area contributed by atoms with E-state index >= 15 is 0 Å². The molecule has 0 amide bonds. The van der Waals surface area contributed by atoms with Crippen molar-refractivity contribution in [2.24, 2.45) is 0 Å². The molecule has 0 saturated heterocycles. The van der Waals surface area contributed by atoms with Crippen molar-refractivity contribution in [3.05, 3.63) is 245 Å². The first-order valence-electron chi connectivity index (χ1n) is 43.8. The number of thiazole rings is 4. The summed E-state index contributed by atoms with van der Waals surface area (Å²) in [7, 11) is 2.40. The van der Waals surface area contributed by atoms with Crippen molar-refractivity contribution >= 4 is 241 Å². The zero-order chi connectivity index (χ0) is 102. The number of rotatable bonds is 46. The third-order valence-corrected chi connectivity index (χ3v) is 30.6. The Kier molecular flexibility index (Phi) is 40.1. The second-order valence-electron chi connectivity index (χ2n) is 31.1. The molecule has 0 bridgehead atoms. The zero-order valence-corrected chi connectivity index (χ0v) is 86.6. The normalized spacial score (nSPS) is 11.6. The van der Waals surface area contributed by atoms with E-state index in [1.165, 1.54) is 174 Å². The standard InChI is InChI=1S/C25H26N6O4S2.C24H26ClFN6O2S.C23H24ClFN6O4S2.C22H23ClFN7O2S2/c1-4-18-6-5-7-20(16-18)28-23-22-24(27-17-26-23)30-25(36-22)29-19-8-10-21(11-9-19)37(32,33)31(12-14-34-2)13-15-35-3;1-33-11-9-32(10-12-34-2)14-16-3-5-17(6-4-16)30-24-31-23-21(35-24)22(27-15-28-23)29-18-7-8-20(26)19(25)13-18;1-34-11-9-31(10-12-35-2)37(32,33)17-6-3-15(4-7-17)29-23-30-22-20(36-23)21(26-14-27-22)28-16-5-8-19(25)18(24)13-16;1-31(2)11-3-10-27-35(32,33)16-7-4-14(5-8-16)29-22-30-21-19(34-22)20(25-13-26-21)28-15-6-9-18(24)17(23)12-15/h1,5-11,16-17H,12-15H2,2-3H3,(H2,26,27,28,29,30);3-8,13,15H,9-12,14H2,1-2H3,(H2,27,28,29,30,31);3-8,13-14H,9-12H2,1-2H3,(H2,26,27,28,29,30);4-9,12-13,27H,3,10-11H2,1-2H3,(H2,25,26,28,29,30). The van der Waals surface area contributed by atoms with Gasteiger partial charge in [0, 0.05) is 146 Å². The number of anilines is 16. The van der Waals surface area contributed by atoms with Gasteiger partial charge in [0.25, 0.3) is 0 Å². The Morgan fingerprint density at radius 3 is 0.965 bits per heavy atom. The minimum Gasteiger partial charge on any atom is -0.383 e. The van der Waals surface area contributed by atoms with Crippen molar-refractivity contribution in [3.8, 4) is 12.3 Å². The van der Waals surface area contributed by atoms with Crippen LogP contribution < -0.4 is 47.3 Å². The molecule has 756 valence electrons. The molecule has 0 aliphatic carbocycles. The van der Waals surface area contributed by atoms with Crippen molar-refractivity contribution in [1.29, 1.82) is 0 Å². The van der Waals surface area contributed by atoms with E-state index in [-0.39, 0.29) is 82.4 Å². The molecule has 144 heavy (non-hydrogen) atoms. The molecule has 0 radical (unpaired) electrons. The summed E-state index contributed by atoms with van der Waals surface area (Å²) in [5, 5.41) is 27.9. The largest absolute Gasteiger partial charge is 0.383 e. The van der Waals surface area contributed by atoms with Crippen LogP contribution in [0.3, 0.4) is 0 Å². The van der Waals surface area contributed by atoms with Crippen LogP contribution in [0.2, 0.25) is 15.1 Å². The lowest BCUT2D eigenvalue weighted by Gasteiger charge is -2.21. The van der Waals surface area contributed by atoms with Crippen LogP contribution in [0.25, 0.3) is 41.4 Å². The number of hydrogen-bond acceptors (Lipinski definition) is 38. The first-order valence-corrected chi connectivity index (χ1v) is 52.5. The molecule has 0 aliphatic rings. The third kappa shape index (κ3) is 30.6. The molecule has 8 heterocycles. The van der Waals surface area contributed by atoms with E-state index in [2.05, 4.69) is 130 Å². The van der Waals surface area contributed by atoms with Crippen LogP contribution in [0.15, 0.2) is 216 Å². The van der Waals surface area contributed by atoms with Crippen molar-refractivity contribution in [3.63, 3.8) is 0 Å². The lowest BCUT2D eigenvalue weighted by molar-refractivity contribution is 0.110. The highest BCUT2D eigenvalue weighted by Crippen LogP contribution is 2.40. The van der Waals surface area contributed by atoms with Crippen molar-refractivity contribution in [2.45, 2.75) is 27.7 Å². The van der Waals surface area contributed by atoms with Gasteiger partial charge in [-0.15, -0.1) is 6.42 Å². The maximum atomic E-state index is 13.5. The topological polar surface area (TPSA) is 434 Å². The van der Waals surface area contributed by atoms with Crippen molar-refractivity contribution < 1.29 is 66.8 Å². The maximum Gasteiger partial charge on any atom is 0.243 e. The number of halogens is 6. The molecule has 8 aromatic heterocycles. The monoisotopic (exact) mass is 2160 g/mol. The molecular weight excluding hydrogens is 2060 g/mol. The van der Waals surface area contributed by atoms with E-state index in [9.17, 15) is 38.4 Å². The highest BCUT2D eigenvalue weighted by atomic mass is 35.5. The Balaban J connectivity index is 0.000000161. The second-order valence-corrected chi connectivity index (χ2v) is 41.9. The van der Waals surface area contributed by atoms with Crippen LogP contribution in [0, 0.1) is 29.8 Å². The molecule has 9 N–H and O–H groups in total. The SMILES string of the molecule is C#Cc1cccc(Nc2ncnc3nc(Nc4ccc(S(=O)(=O)N(CCOC)CCOC)cc4)sc23)c1.CN(C)CCCNS(=O)(=O)c1ccc(Nc2nc3ncnc(Nc4ccc(F)c(Cl)c4)c3s2)cc1.COCCN(CCOC)Cc1ccc(Nc2nc3ncnc(Nc4ccc(F)c(Cl)c4)c3s2)cc1.COCCN(CCOC)S(=O)(=O)c1ccc(Nc2nc3ncnc(Nc4ccc(F)c(Cl)c4)c3s2)cc1. The molecule has 8 aromatic carbocycles. The molecule has 0 spiro atoms. The fraction of sp³-hybridized carbons (Fsp3) is 0.255. The number of nitrogens with zero attached hydrogens (tertiary/aromatic N) is 16. The van der Waals surface area contributed by atoms with Crippen LogP contribution in [-0.2, 0) is 65.0 Å². The van der Waals surface area contributed by atoms with Crippen LogP contribution in [0.5, 0.6) is 0 Å². The van der Waals surface area contributed by atoms with Gasteiger partial charge in [0.15, 0.2) is 66.4 Å². The Hall–Kier alpha value is -12.3. The summed E-state index contributed by atoms with van der Waals surface area (Å²) in [6.07, 6.45) is 11.9. The molecule has 37 nitrogen and oxygen atoms in total. The molecule has 0 unspecified atom stereocenters. The minimum atomic E-state index is -3.72. The van der Waals surface area contributed by atoms with Gasteiger partial charge in [0.1, 0.15) is 61.6 Å². The van der Waals surface area contributed by atoms with Gasteiger partial charge in [-0.2, -0.15) is 28.5 Å². The van der Waals surface area contributed by atoms with E-state index < -0.39 is 47.5 Å². The predicted molar refractivity (Wildman–Crippen MR) is 564 cm³/mol. The maximum absolute atomic E-state index is 13.5. The number of methoxy groups -OCH3 is 6. The van der Waals surface area contributed by atoms with Crippen LogP contribution in [-0.4, -0.2) is 252 Å². The van der Waals surface area contributed by atoms with E-state index in [1.54, 1.807) is 80.9 Å². The van der Waals surface area contributed by atoms with E-state index in [0.717, 1.165) is 58.9 Å². The van der Waals surface area contributed by atoms with Gasteiger partial charge >= 0.3 is 0 Å². The number of sulfonamides is 3. The highest BCUT2D eigenvalue weighted by Gasteiger charge is 2.28. The molecule has 50 heteroatoms. The van der Waals surface area contributed by atoms with Gasteiger partial charge < -0.3 is 75.9 Å². The third-order valence-electron chi connectivity index (χ3n) is 20.6. The Bertz CT molecular complexity index is 7370. The Morgan fingerprint density at radius 1 is 0.361 bits per heavy atom. The first kappa shape index (κ1) is 109. The summed E-state index contributed by atoms with van der Waals surface area (Å²) in [5.41, 5.74) is 9.47. The average molecular weight is 2160 g/mol. The second kappa shape index (κ2) is 53.0. The van der Waals surface area contributed by atoms with Gasteiger partial charge in [-0.05, 0) is 190 Å². The molecule has 16 rings (SSSR count). The van der Waals surface area contributed by atoms with Gasteiger partial charge in [-0.25, -0.2) is 83.0 Å². The number of benzene rings is 8. The average Bonchev–Trinajstić information content (AvgIpc) is 1.05.